The quantitative estimate of drug-likeness (QED) is 0.736. The SMILES string of the molecule is Cc1ccc(OCCCC(=O)NC(C(C)C)C(C)C)cc1. The first-order chi connectivity index (χ1) is 9.90. The van der Waals surface area contributed by atoms with Crippen molar-refractivity contribution >= 4 is 5.91 Å². The summed E-state index contributed by atoms with van der Waals surface area (Å²) in [4.78, 5) is 12.0. The van der Waals surface area contributed by atoms with E-state index in [-0.39, 0.29) is 11.9 Å². The molecule has 21 heavy (non-hydrogen) atoms. The predicted molar refractivity (Wildman–Crippen MR) is 87.5 cm³/mol. The summed E-state index contributed by atoms with van der Waals surface area (Å²) in [6.07, 6.45) is 1.25. The van der Waals surface area contributed by atoms with Crippen LogP contribution in [0.2, 0.25) is 0 Å². The van der Waals surface area contributed by atoms with Gasteiger partial charge in [0, 0.05) is 12.5 Å². The zero-order valence-electron chi connectivity index (χ0n) is 14.0. The van der Waals surface area contributed by atoms with Gasteiger partial charge in [0.1, 0.15) is 5.75 Å². The van der Waals surface area contributed by atoms with E-state index in [1.165, 1.54) is 5.56 Å². The van der Waals surface area contributed by atoms with Gasteiger partial charge in [-0.15, -0.1) is 0 Å². The van der Waals surface area contributed by atoms with Crippen LogP contribution in [0.15, 0.2) is 24.3 Å². The average Bonchev–Trinajstić information content (AvgIpc) is 2.42. The second-order valence-electron chi connectivity index (χ2n) is 6.35. The molecular weight excluding hydrogens is 262 g/mol. The third-order valence-corrected chi connectivity index (χ3v) is 3.60. The fourth-order valence-electron chi connectivity index (χ4n) is 2.42. The standard InChI is InChI=1S/C18H29NO2/c1-13(2)18(14(3)4)19-17(20)7-6-12-21-16-10-8-15(5)9-11-16/h8-11,13-14,18H,6-7,12H2,1-5H3,(H,19,20). The molecule has 0 atom stereocenters. The van der Waals surface area contributed by atoms with Crippen molar-refractivity contribution in [2.75, 3.05) is 6.61 Å². The highest BCUT2D eigenvalue weighted by molar-refractivity contribution is 5.76. The topological polar surface area (TPSA) is 38.3 Å². The monoisotopic (exact) mass is 291 g/mol. The molecule has 0 radical (unpaired) electrons. The van der Waals surface area contributed by atoms with E-state index < -0.39 is 0 Å². The van der Waals surface area contributed by atoms with Crippen LogP contribution in [0.1, 0.15) is 46.1 Å². The molecule has 1 amide bonds. The normalized spacial score (nSPS) is 11.2. The molecule has 1 N–H and O–H groups in total. The number of benzene rings is 1. The van der Waals surface area contributed by atoms with E-state index in [0.29, 0.717) is 24.9 Å². The van der Waals surface area contributed by atoms with Gasteiger partial charge in [-0.2, -0.15) is 0 Å². The molecule has 0 unspecified atom stereocenters. The Bertz CT molecular complexity index is 415. The van der Waals surface area contributed by atoms with Gasteiger partial charge in [-0.05, 0) is 37.3 Å². The van der Waals surface area contributed by atoms with Crippen molar-refractivity contribution in [3.05, 3.63) is 29.8 Å². The number of carbonyl (C=O) groups is 1. The maximum Gasteiger partial charge on any atom is 0.220 e. The van der Waals surface area contributed by atoms with Crippen LogP contribution >= 0.6 is 0 Å². The molecule has 0 heterocycles. The summed E-state index contributed by atoms with van der Waals surface area (Å²) >= 11 is 0. The van der Waals surface area contributed by atoms with E-state index in [4.69, 9.17) is 4.74 Å². The van der Waals surface area contributed by atoms with Crippen molar-refractivity contribution in [3.63, 3.8) is 0 Å². The Morgan fingerprint density at radius 1 is 1.10 bits per heavy atom. The summed E-state index contributed by atoms with van der Waals surface area (Å²) in [6, 6.07) is 8.22. The highest BCUT2D eigenvalue weighted by Crippen LogP contribution is 2.13. The summed E-state index contributed by atoms with van der Waals surface area (Å²) in [5.74, 6) is 1.90. The molecule has 0 aliphatic heterocycles. The van der Waals surface area contributed by atoms with E-state index in [2.05, 4.69) is 33.0 Å². The molecule has 118 valence electrons. The van der Waals surface area contributed by atoms with Crippen molar-refractivity contribution in [3.8, 4) is 5.75 Å². The second-order valence-corrected chi connectivity index (χ2v) is 6.35. The largest absolute Gasteiger partial charge is 0.494 e. The van der Waals surface area contributed by atoms with Crippen LogP contribution in [0.4, 0.5) is 0 Å². The molecule has 3 nitrogen and oxygen atoms in total. The molecule has 0 saturated heterocycles. The lowest BCUT2D eigenvalue weighted by molar-refractivity contribution is -0.122. The first kappa shape index (κ1) is 17.5. The average molecular weight is 291 g/mol. The molecule has 0 saturated carbocycles. The highest BCUT2D eigenvalue weighted by atomic mass is 16.5. The Morgan fingerprint density at radius 3 is 2.19 bits per heavy atom. The van der Waals surface area contributed by atoms with Gasteiger partial charge in [0.05, 0.1) is 6.61 Å². The maximum atomic E-state index is 12.0. The van der Waals surface area contributed by atoms with Gasteiger partial charge in [0.15, 0.2) is 0 Å². The molecule has 0 fully saturated rings. The Morgan fingerprint density at radius 2 is 1.67 bits per heavy atom. The van der Waals surface area contributed by atoms with Crippen LogP contribution in [0.25, 0.3) is 0 Å². The Balaban J connectivity index is 2.25. The first-order valence-electron chi connectivity index (χ1n) is 7.89. The number of hydrogen-bond acceptors (Lipinski definition) is 2. The van der Waals surface area contributed by atoms with E-state index >= 15 is 0 Å². The lowest BCUT2D eigenvalue weighted by Crippen LogP contribution is -2.42. The maximum absolute atomic E-state index is 12.0. The van der Waals surface area contributed by atoms with Crippen LogP contribution in [0.3, 0.4) is 0 Å². The van der Waals surface area contributed by atoms with Gasteiger partial charge < -0.3 is 10.1 Å². The predicted octanol–water partition coefficient (Wildman–Crippen LogP) is 3.95. The fourth-order valence-corrected chi connectivity index (χ4v) is 2.42. The van der Waals surface area contributed by atoms with E-state index in [9.17, 15) is 4.79 Å². The third-order valence-electron chi connectivity index (χ3n) is 3.60. The van der Waals surface area contributed by atoms with Gasteiger partial charge >= 0.3 is 0 Å². The highest BCUT2D eigenvalue weighted by Gasteiger charge is 2.19. The molecule has 1 aromatic carbocycles. The molecule has 0 aliphatic carbocycles. The van der Waals surface area contributed by atoms with Crippen molar-refractivity contribution in [2.24, 2.45) is 11.8 Å². The summed E-state index contributed by atoms with van der Waals surface area (Å²) in [6.45, 7) is 11.2. The van der Waals surface area contributed by atoms with Crippen LogP contribution in [-0.2, 0) is 4.79 Å². The number of rotatable bonds is 8. The summed E-state index contributed by atoms with van der Waals surface area (Å²) in [5.41, 5.74) is 1.22. The van der Waals surface area contributed by atoms with Crippen LogP contribution in [-0.4, -0.2) is 18.6 Å². The number of hydrogen-bond donors (Lipinski definition) is 1. The number of aryl methyl sites for hydroxylation is 1. The first-order valence-corrected chi connectivity index (χ1v) is 7.89. The minimum Gasteiger partial charge on any atom is -0.494 e. The number of nitrogens with one attached hydrogen (secondary N) is 1. The van der Waals surface area contributed by atoms with E-state index in [0.717, 1.165) is 12.2 Å². The number of ether oxygens (including phenoxy) is 1. The molecule has 0 bridgehead atoms. The Kier molecular flexibility index (Phi) is 7.27. The fraction of sp³-hybridized carbons (Fsp3) is 0.611. The lowest BCUT2D eigenvalue weighted by atomic mass is 9.93. The van der Waals surface area contributed by atoms with Crippen molar-refractivity contribution in [2.45, 2.75) is 53.5 Å². The molecular formula is C18H29NO2. The van der Waals surface area contributed by atoms with Crippen molar-refractivity contribution in [1.29, 1.82) is 0 Å². The van der Waals surface area contributed by atoms with E-state index in [1.807, 2.05) is 31.2 Å². The molecule has 3 heteroatoms. The van der Waals surface area contributed by atoms with E-state index in [1.54, 1.807) is 0 Å². The van der Waals surface area contributed by atoms with Gasteiger partial charge in [-0.1, -0.05) is 45.4 Å². The molecule has 1 rings (SSSR count). The molecule has 0 aliphatic rings. The van der Waals surface area contributed by atoms with Gasteiger partial charge in [0.25, 0.3) is 0 Å². The summed E-state index contributed by atoms with van der Waals surface area (Å²) in [5, 5.41) is 3.13. The molecule has 1 aromatic rings. The van der Waals surface area contributed by atoms with Gasteiger partial charge in [-0.3, -0.25) is 4.79 Å². The zero-order valence-corrected chi connectivity index (χ0v) is 14.0. The van der Waals surface area contributed by atoms with Crippen molar-refractivity contribution in [1.82, 2.24) is 5.32 Å². The molecule has 0 aromatic heterocycles. The second kappa shape index (κ2) is 8.71. The Labute approximate surface area is 129 Å². The minimum atomic E-state index is 0.120. The van der Waals surface area contributed by atoms with Crippen molar-refractivity contribution < 1.29 is 9.53 Å². The number of carbonyl (C=O) groups excluding carboxylic acids is 1. The van der Waals surface area contributed by atoms with Gasteiger partial charge in [-0.25, -0.2) is 0 Å². The lowest BCUT2D eigenvalue weighted by Gasteiger charge is -2.26. The zero-order chi connectivity index (χ0) is 15.8. The molecule has 0 spiro atoms. The smallest absolute Gasteiger partial charge is 0.220 e. The summed E-state index contributed by atoms with van der Waals surface area (Å²) in [7, 11) is 0. The number of amides is 1. The van der Waals surface area contributed by atoms with Crippen LogP contribution in [0.5, 0.6) is 5.75 Å². The van der Waals surface area contributed by atoms with Crippen LogP contribution in [0, 0.1) is 18.8 Å². The summed E-state index contributed by atoms with van der Waals surface area (Å²) < 4.78 is 5.63. The van der Waals surface area contributed by atoms with Gasteiger partial charge in [0.2, 0.25) is 5.91 Å². The Hall–Kier alpha value is -1.51. The van der Waals surface area contributed by atoms with Crippen LogP contribution < -0.4 is 10.1 Å². The minimum absolute atomic E-state index is 0.120. The third kappa shape index (κ3) is 6.65.